The van der Waals surface area contributed by atoms with E-state index in [-0.39, 0.29) is 17.5 Å². The number of anilines is 1. The molecule has 2 atom stereocenters. The Kier molecular flexibility index (Phi) is 5.21. The maximum absolute atomic E-state index is 12.5. The number of benzene rings is 2. The molecule has 1 saturated carbocycles. The van der Waals surface area contributed by atoms with Gasteiger partial charge in [0.2, 0.25) is 11.8 Å². The van der Waals surface area contributed by atoms with Gasteiger partial charge in [-0.15, -0.1) is 0 Å². The summed E-state index contributed by atoms with van der Waals surface area (Å²) in [5.74, 6) is -1.40. The Hall–Kier alpha value is -2.83. The van der Waals surface area contributed by atoms with Crippen molar-refractivity contribution in [2.75, 3.05) is 5.32 Å². The van der Waals surface area contributed by atoms with E-state index in [0.29, 0.717) is 13.0 Å². The highest BCUT2D eigenvalue weighted by atomic mass is 19.4. The number of carbonyl (C=O) groups is 2. The highest BCUT2D eigenvalue weighted by molar-refractivity contribution is 5.99. The van der Waals surface area contributed by atoms with Crippen LogP contribution in [-0.4, -0.2) is 11.8 Å². The minimum Gasteiger partial charge on any atom is -0.352 e. The van der Waals surface area contributed by atoms with E-state index in [2.05, 4.69) is 10.6 Å². The zero-order chi connectivity index (χ0) is 19.6. The van der Waals surface area contributed by atoms with Crippen LogP contribution in [0, 0.1) is 18.8 Å². The summed E-state index contributed by atoms with van der Waals surface area (Å²) in [6.07, 6.45) is -3.98. The van der Waals surface area contributed by atoms with Crippen LogP contribution < -0.4 is 10.6 Å². The molecule has 0 aromatic heterocycles. The molecule has 3 rings (SSSR count). The predicted octanol–water partition coefficient (Wildman–Crippen LogP) is 3.90. The number of rotatable bonds is 5. The quantitative estimate of drug-likeness (QED) is 0.831. The molecule has 2 unspecified atom stereocenters. The predicted molar refractivity (Wildman–Crippen MR) is 94.7 cm³/mol. The third kappa shape index (κ3) is 4.87. The van der Waals surface area contributed by atoms with E-state index in [1.54, 1.807) is 0 Å². The van der Waals surface area contributed by atoms with Crippen LogP contribution in [0.5, 0.6) is 0 Å². The third-order valence-corrected chi connectivity index (χ3v) is 4.49. The van der Waals surface area contributed by atoms with Gasteiger partial charge in [0.25, 0.3) is 0 Å². The van der Waals surface area contributed by atoms with E-state index in [9.17, 15) is 22.8 Å². The summed E-state index contributed by atoms with van der Waals surface area (Å²) in [5.41, 5.74) is 1.58. The van der Waals surface area contributed by atoms with Gasteiger partial charge in [-0.2, -0.15) is 13.2 Å². The van der Waals surface area contributed by atoms with Gasteiger partial charge in [-0.1, -0.05) is 29.8 Å². The van der Waals surface area contributed by atoms with Crippen molar-refractivity contribution in [3.05, 3.63) is 65.2 Å². The van der Waals surface area contributed by atoms with E-state index in [1.807, 2.05) is 31.2 Å². The van der Waals surface area contributed by atoms with Crippen LogP contribution in [-0.2, 0) is 22.3 Å². The van der Waals surface area contributed by atoms with Crippen molar-refractivity contribution in [3.63, 3.8) is 0 Å². The second-order valence-electron chi connectivity index (χ2n) is 6.72. The molecule has 2 aromatic rings. The lowest BCUT2D eigenvalue weighted by Gasteiger charge is -2.09. The Morgan fingerprint density at radius 2 is 1.70 bits per heavy atom. The first-order valence-electron chi connectivity index (χ1n) is 8.55. The fourth-order valence-corrected chi connectivity index (χ4v) is 2.89. The van der Waals surface area contributed by atoms with Crippen LogP contribution in [0.25, 0.3) is 0 Å². The molecule has 1 fully saturated rings. The van der Waals surface area contributed by atoms with Crippen molar-refractivity contribution < 1.29 is 22.8 Å². The van der Waals surface area contributed by atoms with Gasteiger partial charge in [-0.3, -0.25) is 9.59 Å². The van der Waals surface area contributed by atoms with Gasteiger partial charge in [0.1, 0.15) is 0 Å². The maximum Gasteiger partial charge on any atom is 0.416 e. The Bertz CT molecular complexity index is 847. The normalized spacial score (nSPS) is 18.7. The van der Waals surface area contributed by atoms with Crippen LogP contribution in [0.1, 0.15) is 23.1 Å². The number of aryl methyl sites for hydroxylation is 1. The first-order chi connectivity index (χ1) is 12.7. The molecule has 0 spiro atoms. The molecule has 2 N–H and O–H groups in total. The average molecular weight is 376 g/mol. The minimum absolute atomic E-state index is 0.191. The molecule has 0 heterocycles. The van der Waals surface area contributed by atoms with Gasteiger partial charge in [-0.25, -0.2) is 0 Å². The van der Waals surface area contributed by atoms with Crippen molar-refractivity contribution >= 4 is 17.5 Å². The Morgan fingerprint density at radius 3 is 2.33 bits per heavy atom. The summed E-state index contributed by atoms with van der Waals surface area (Å²) < 4.78 is 37.6. The fourth-order valence-electron chi connectivity index (χ4n) is 2.89. The molecular formula is C20H19F3N2O2. The lowest BCUT2D eigenvalue weighted by atomic mass is 10.1. The second kappa shape index (κ2) is 7.42. The summed E-state index contributed by atoms with van der Waals surface area (Å²) in [6.45, 7) is 2.36. The lowest BCUT2D eigenvalue weighted by molar-refractivity contribution is -0.137. The molecule has 1 aliphatic carbocycles. The van der Waals surface area contributed by atoms with Gasteiger partial charge in [-0.05, 0) is 43.2 Å². The molecule has 2 aromatic carbocycles. The van der Waals surface area contributed by atoms with Gasteiger partial charge in [0.15, 0.2) is 0 Å². The maximum atomic E-state index is 12.5. The molecule has 4 nitrogen and oxygen atoms in total. The van der Waals surface area contributed by atoms with E-state index >= 15 is 0 Å². The number of hydrogen-bond acceptors (Lipinski definition) is 2. The molecule has 142 valence electrons. The fraction of sp³-hybridized carbons (Fsp3) is 0.300. The van der Waals surface area contributed by atoms with Crippen LogP contribution in [0.4, 0.5) is 18.9 Å². The molecule has 27 heavy (non-hydrogen) atoms. The Balaban J connectivity index is 1.49. The first-order valence-corrected chi connectivity index (χ1v) is 8.55. The Labute approximate surface area is 154 Å². The van der Waals surface area contributed by atoms with Gasteiger partial charge < -0.3 is 10.6 Å². The van der Waals surface area contributed by atoms with Crippen LogP contribution in [0.3, 0.4) is 0 Å². The summed E-state index contributed by atoms with van der Waals surface area (Å²) >= 11 is 0. The molecule has 0 radical (unpaired) electrons. The van der Waals surface area contributed by atoms with Crippen LogP contribution >= 0.6 is 0 Å². The number of alkyl halides is 3. The molecule has 0 aliphatic heterocycles. The highest BCUT2D eigenvalue weighted by Crippen LogP contribution is 2.39. The van der Waals surface area contributed by atoms with Crippen molar-refractivity contribution in [2.24, 2.45) is 11.8 Å². The summed E-state index contributed by atoms with van der Waals surface area (Å²) in [5, 5.41) is 5.38. The van der Waals surface area contributed by atoms with Gasteiger partial charge in [0.05, 0.1) is 17.4 Å². The van der Waals surface area contributed by atoms with Crippen molar-refractivity contribution in [3.8, 4) is 0 Å². The van der Waals surface area contributed by atoms with Crippen LogP contribution in [0.15, 0.2) is 48.5 Å². The van der Waals surface area contributed by atoms with E-state index in [4.69, 9.17) is 0 Å². The second-order valence-corrected chi connectivity index (χ2v) is 6.72. The topological polar surface area (TPSA) is 58.2 Å². The van der Waals surface area contributed by atoms with Crippen molar-refractivity contribution in [1.82, 2.24) is 5.32 Å². The number of carbonyl (C=O) groups excluding carboxylic acids is 2. The number of halogens is 3. The smallest absolute Gasteiger partial charge is 0.352 e. The van der Waals surface area contributed by atoms with Gasteiger partial charge >= 0.3 is 6.18 Å². The van der Waals surface area contributed by atoms with E-state index in [1.165, 1.54) is 12.1 Å². The minimum atomic E-state index is -4.42. The van der Waals surface area contributed by atoms with E-state index < -0.39 is 23.6 Å². The van der Waals surface area contributed by atoms with Crippen molar-refractivity contribution in [1.29, 1.82) is 0 Å². The monoisotopic (exact) mass is 376 g/mol. The van der Waals surface area contributed by atoms with E-state index in [0.717, 1.165) is 23.3 Å². The average Bonchev–Trinajstić information content (AvgIpc) is 3.40. The zero-order valence-electron chi connectivity index (χ0n) is 14.6. The number of amides is 2. The van der Waals surface area contributed by atoms with Gasteiger partial charge in [0, 0.05) is 12.2 Å². The highest BCUT2D eigenvalue weighted by Gasteiger charge is 2.47. The standard InChI is InChI=1S/C20H19F3N2O2/c1-12-3-2-4-13(9-12)11-24-18(26)16-10-17(16)19(27)25-15-7-5-14(6-8-15)20(21,22)23/h2-9,16-17H,10-11H2,1H3,(H,24,26)(H,25,27). The summed E-state index contributed by atoms with van der Waals surface area (Å²) in [6, 6.07) is 12.0. The number of hydrogen-bond donors (Lipinski definition) is 2. The molecule has 0 bridgehead atoms. The summed E-state index contributed by atoms with van der Waals surface area (Å²) in [4.78, 5) is 24.3. The number of nitrogens with one attached hydrogen (secondary N) is 2. The SMILES string of the molecule is Cc1cccc(CNC(=O)C2CC2C(=O)Nc2ccc(C(F)(F)F)cc2)c1. The molecular weight excluding hydrogens is 357 g/mol. The molecule has 7 heteroatoms. The third-order valence-electron chi connectivity index (χ3n) is 4.49. The molecule has 1 aliphatic rings. The van der Waals surface area contributed by atoms with Crippen molar-refractivity contribution in [2.45, 2.75) is 26.1 Å². The zero-order valence-corrected chi connectivity index (χ0v) is 14.6. The Morgan fingerprint density at radius 1 is 1.04 bits per heavy atom. The summed E-state index contributed by atoms with van der Waals surface area (Å²) in [7, 11) is 0. The molecule has 2 amide bonds. The lowest BCUT2D eigenvalue weighted by Crippen LogP contribution is -2.27. The largest absolute Gasteiger partial charge is 0.416 e. The first kappa shape index (κ1) is 18.9. The van der Waals surface area contributed by atoms with Crippen LogP contribution in [0.2, 0.25) is 0 Å². The molecule has 0 saturated heterocycles.